The van der Waals surface area contributed by atoms with Crippen LogP contribution in [0, 0.1) is 12.2 Å². The van der Waals surface area contributed by atoms with E-state index in [4.69, 9.17) is 19.1 Å². The van der Waals surface area contributed by atoms with Crippen molar-refractivity contribution in [2.45, 2.75) is 12.8 Å². The summed E-state index contributed by atoms with van der Waals surface area (Å²) in [6, 6.07) is 0. The number of hydrogen-bond acceptors (Lipinski definition) is 0. The van der Waals surface area contributed by atoms with Crippen molar-refractivity contribution in [3.05, 3.63) is 48.6 Å². The van der Waals surface area contributed by atoms with Crippen LogP contribution in [-0.2, 0) is 15.9 Å². The SMILES string of the molecule is [C-]1=CC=CC1.[C-]1=CC=CC1.[Cl][Re][Cl]. The van der Waals surface area contributed by atoms with Gasteiger partial charge in [0.2, 0.25) is 0 Å². The molecule has 13 heavy (non-hydrogen) atoms. The number of allylic oxidation sites excluding steroid dienone is 8. The summed E-state index contributed by atoms with van der Waals surface area (Å²) >= 11 is -0.722. The second kappa shape index (κ2) is 12.2. The summed E-state index contributed by atoms with van der Waals surface area (Å²) in [5.41, 5.74) is 0. The summed E-state index contributed by atoms with van der Waals surface area (Å²) in [5.74, 6) is 0. The molecule has 0 heterocycles. The van der Waals surface area contributed by atoms with E-state index in [1.165, 1.54) is 0 Å². The van der Waals surface area contributed by atoms with E-state index in [2.05, 4.69) is 24.3 Å². The van der Waals surface area contributed by atoms with Crippen LogP contribution in [0.15, 0.2) is 36.5 Å². The number of rotatable bonds is 0. The first-order chi connectivity index (χ1) is 6.41. The second-order valence-electron chi connectivity index (χ2n) is 2.06. The summed E-state index contributed by atoms with van der Waals surface area (Å²) in [5, 5.41) is 0. The molecular weight excluding hydrogens is 377 g/mol. The van der Waals surface area contributed by atoms with Crippen LogP contribution in [0.1, 0.15) is 12.8 Å². The van der Waals surface area contributed by atoms with Gasteiger partial charge >= 0.3 is 35.0 Å². The van der Waals surface area contributed by atoms with Crippen molar-refractivity contribution in [1.29, 1.82) is 0 Å². The van der Waals surface area contributed by atoms with Crippen LogP contribution in [-0.4, -0.2) is 0 Å². The molecule has 0 aromatic carbocycles. The predicted molar refractivity (Wildman–Crippen MR) is 54.8 cm³/mol. The maximum atomic E-state index is 4.92. The molecule has 0 spiro atoms. The molecule has 0 atom stereocenters. The fourth-order valence-corrected chi connectivity index (χ4v) is 0.680. The van der Waals surface area contributed by atoms with Gasteiger partial charge in [-0.25, -0.2) is 24.3 Å². The number of hydrogen-bond donors (Lipinski definition) is 0. The molecule has 0 bridgehead atoms. The van der Waals surface area contributed by atoms with E-state index in [9.17, 15) is 0 Å². The van der Waals surface area contributed by atoms with Gasteiger partial charge in [0.1, 0.15) is 0 Å². The van der Waals surface area contributed by atoms with Gasteiger partial charge in [-0.3, -0.25) is 12.2 Å². The van der Waals surface area contributed by atoms with Crippen LogP contribution >= 0.6 is 19.1 Å². The van der Waals surface area contributed by atoms with Crippen molar-refractivity contribution in [3.63, 3.8) is 0 Å². The molecular formula is C10H10Cl2Re-2. The second-order valence-corrected chi connectivity index (χ2v) is 5.98. The minimum atomic E-state index is -0.722. The van der Waals surface area contributed by atoms with Crippen molar-refractivity contribution >= 4 is 19.1 Å². The molecule has 0 unspecified atom stereocenters. The number of halogens is 2. The van der Waals surface area contributed by atoms with E-state index in [1.54, 1.807) is 0 Å². The maximum absolute atomic E-state index is 4.92. The van der Waals surface area contributed by atoms with Gasteiger partial charge in [-0.2, -0.15) is 12.2 Å². The van der Waals surface area contributed by atoms with Crippen molar-refractivity contribution in [1.82, 2.24) is 0 Å². The van der Waals surface area contributed by atoms with E-state index in [1.807, 2.05) is 24.3 Å². The zero-order chi connectivity index (χ0) is 9.78. The third-order valence-electron chi connectivity index (χ3n) is 1.17. The van der Waals surface area contributed by atoms with Crippen LogP contribution in [0.3, 0.4) is 0 Å². The topological polar surface area (TPSA) is 0 Å². The Balaban J connectivity index is 0.000000174. The van der Waals surface area contributed by atoms with Crippen LogP contribution in [0.25, 0.3) is 0 Å². The van der Waals surface area contributed by atoms with Crippen molar-refractivity contribution in [2.24, 2.45) is 0 Å². The first-order valence-corrected chi connectivity index (χ1v) is 10.5. The molecule has 3 heteroatoms. The zero-order valence-electron chi connectivity index (χ0n) is 7.01. The van der Waals surface area contributed by atoms with E-state index >= 15 is 0 Å². The van der Waals surface area contributed by atoms with Crippen LogP contribution < -0.4 is 0 Å². The van der Waals surface area contributed by atoms with Crippen LogP contribution in [0.2, 0.25) is 0 Å². The Hall–Kier alpha value is 0.202. The standard InChI is InChI=1S/2C5H5.2ClH.Re/c2*1-2-4-5-3-1;;;/h2*1-3H,4H2;2*1H;/q2*-1;;;+2/p-2. The molecule has 0 saturated heterocycles. The normalized spacial score (nSPS) is 14.9. The van der Waals surface area contributed by atoms with Gasteiger partial charge in [0.05, 0.1) is 0 Å². The first-order valence-electron chi connectivity index (χ1n) is 3.72. The summed E-state index contributed by atoms with van der Waals surface area (Å²) in [6.45, 7) is 0. The molecule has 2 rings (SSSR count). The average molecular weight is 387 g/mol. The van der Waals surface area contributed by atoms with Crippen molar-refractivity contribution < 1.29 is 15.9 Å². The summed E-state index contributed by atoms with van der Waals surface area (Å²) < 4.78 is 0. The molecule has 0 radical (unpaired) electrons. The molecule has 0 fully saturated rings. The molecule has 2 aliphatic carbocycles. The van der Waals surface area contributed by atoms with Gasteiger partial charge in [0, 0.05) is 0 Å². The Morgan fingerprint density at radius 1 is 0.923 bits per heavy atom. The Morgan fingerprint density at radius 3 is 1.38 bits per heavy atom. The van der Waals surface area contributed by atoms with Crippen molar-refractivity contribution in [3.8, 4) is 0 Å². The van der Waals surface area contributed by atoms with Gasteiger partial charge in [-0.1, -0.05) is 0 Å². The molecule has 0 saturated carbocycles. The van der Waals surface area contributed by atoms with E-state index in [0.717, 1.165) is 12.8 Å². The molecule has 0 N–H and O–H groups in total. The Morgan fingerprint density at radius 2 is 1.31 bits per heavy atom. The Kier molecular flexibility index (Phi) is 12.4. The molecule has 73 valence electrons. The van der Waals surface area contributed by atoms with Gasteiger partial charge in [0.25, 0.3) is 0 Å². The van der Waals surface area contributed by atoms with Gasteiger partial charge < -0.3 is 0 Å². The first kappa shape index (κ1) is 13.2. The molecule has 0 aromatic heterocycles. The molecule has 2 aliphatic rings. The molecule has 0 amide bonds. The summed E-state index contributed by atoms with van der Waals surface area (Å²) in [7, 11) is 9.83. The minimum absolute atomic E-state index is 0.722. The quantitative estimate of drug-likeness (QED) is 0.552. The Labute approximate surface area is 96.1 Å². The monoisotopic (exact) mass is 387 g/mol. The van der Waals surface area contributed by atoms with E-state index in [0.29, 0.717) is 0 Å². The third-order valence-corrected chi connectivity index (χ3v) is 1.17. The molecule has 0 nitrogen and oxygen atoms in total. The zero-order valence-corrected chi connectivity index (χ0v) is 11.2. The van der Waals surface area contributed by atoms with Crippen LogP contribution in [0.4, 0.5) is 0 Å². The fraction of sp³-hybridized carbons (Fsp3) is 0.200. The average Bonchev–Trinajstić information content (AvgIpc) is 2.85. The summed E-state index contributed by atoms with van der Waals surface area (Å²) in [4.78, 5) is 0. The fourth-order valence-electron chi connectivity index (χ4n) is 0.680. The van der Waals surface area contributed by atoms with Gasteiger partial charge in [-0.05, 0) is 0 Å². The van der Waals surface area contributed by atoms with E-state index in [-0.39, 0.29) is 0 Å². The summed E-state index contributed by atoms with van der Waals surface area (Å²) in [6.07, 6.45) is 20.0. The molecule has 0 aliphatic heterocycles. The predicted octanol–water partition coefficient (Wildman–Crippen LogP) is 3.99. The third kappa shape index (κ3) is 12.2. The van der Waals surface area contributed by atoms with Gasteiger partial charge in [-0.15, -0.1) is 12.8 Å². The van der Waals surface area contributed by atoms with Crippen molar-refractivity contribution in [2.75, 3.05) is 0 Å². The van der Waals surface area contributed by atoms with E-state index < -0.39 is 15.9 Å². The van der Waals surface area contributed by atoms with Crippen LogP contribution in [0.5, 0.6) is 0 Å². The molecule has 0 aromatic rings. The van der Waals surface area contributed by atoms with Gasteiger partial charge in [0.15, 0.2) is 0 Å². The Bertz CT molecular complexity index is 163.